The number of hydrogen-bond donors (Lipinski definition) is 2. The van der Waals surface area contributed by atoms with Crippen LogP contribution in [-0.4, -0.2) is 23.0 Å². The van der Waals surface area contributed by atoms with Crippen molar-refractivity contribution in [2.45, 2.75) is 12.5 Å². The van der Waals surface area contributed by atoms with Gasteiger partial charge in [-0.2, -0.15) is 0 Å². The number of rotatable bonds is 5. The Morgan fingerprint density at radius 1 is 1.14 bits per heavy atom. The van der Waals surface area contributed by atoms with Gasteiger partial charge in [-0.05, 0) is 11.6 Å². The lowest BCUT2D eigenvalue weighted by Gasteiger charge is -2.14. The average molecular weight is 287 g/mol. The Kier molecular flexibility index (Phi) is 4.50. The molecule has 2 rings (SSSR count). The molecule has 0 bridgehead atoms. The SMILES string of the molecule is O=C(NC(Cc1ccccc1)C(=O)O)c1ccc(=O)oc1. The normalized spacial score (nSPS) is 11.6. The maximum Gasteiger partial charge on any atom is 0.335 e. The van der Waals surface area contributed by atoms with E-state index in [0.29, 0.717) is 0 Å². The van der Waals surface area contributed by atoms with E-state index < -0.39 is 23.5 Å². The van der Waals surface area contributed by atoms with Gasteiger partial charge >= 0.3 is 11.6 Å². The molecule has 1 atom stereocenters. The fourth-order valence-corrected chi connectivity index (χ4v) is 1.78. The summed E-state index contributed by atoms with van der Waals surface area (Å²) in [5, 5.41) is 11.6. The van der Waals surface area contributed by atoms with Crippen LogP contribution in [0.25, 0.3) is 0 Å². The molecule has 0 aliphatic carbocycles. The van der Waals surface area contributed by atoms with Crippen LogP contribution in [-0.2, 0) is 11.2 Å². The van der Waals surface area contributed by atoms with Gasteiger partial charge in [-0.15, -0.1) is 0 Å². The number of nitrogens with one attached hydrogen (secondary N) is 1. The molecular formula is C15H13NO5. The van der Waals surface area contributed by atoms with E-state index in [1.165, 1.54) is 6.07 Å². The van der Waals surface area contributed by atoms with E-state index in [1.807, 2.05) is 6.07 Å². The minimum Gasteiger partial charge on any atom is -0.480 e. The molecule has 0 fully saturated rings. The topological polar surface area (TPSA) is 96.6 Å². The molecule has 6 heteroatoms. The van der Waals surface area contributed by atoms with Crippen LogP contribution in [0.3, 0.4) is 0 Å². The van der Waals surface area contributed by atoms with Gasteiger partial charge in [0.1, 0.15) is 12.3 Å². The predicted molar refractivity (Wildman–Crippen MR) is 74.0 cm³/mol. The molecule has 0 saturated heterocycles. The third-order valence-electron chi connectivity index (χ3n) is 2.85. The lowest BCUT2D eigenvalue weighted by molar-refractivity contribution is -0.139. The zero-order valence-corrected chi connectivity index (χ0v) is 11.0. The maximum absolute atomic E-state index is 11.9. The number of carbonyl (C=O) groups is 2. The van der Waals surface area contributed by atoms with Crippen molar-refractivity contribution in [2.75, 3.05) is 0 Å². The Labute approximate surface area is 120 Å². The third-order valence-corrected chi connectivity index (χ3v) is 2.85. The van der Waals surface area contributed by atoms with Crippen LogP contribution in [0, 0.1) is 0 Å². The van der Waals surface area contributed by atoms with E-state index in [4.69, 9.17) is 0 Å². The summed E-state index contributed by atoms with van der Waals surface area (Å²) in [5.74, 6) is -1.74. The van der Waals surface area contributed by atoms with Crippen molar-refractivity contribution in [3.63, 3.8) is 0 Å². The molecule has 108 valence electrons. The molecule has 2 aromatic rings. The van der Waals surface area contributed by atoms with Gasteiger partial charge in [-0.25, -0.2) is 9.59 Å². The molecule has 1 aromatic heterocycles. The standard InChI is InChI=1S/C15H13NO5/c17-13-7-6-11(9-21-13)14(18)16-12(15(19)20)8-10-4-2-1-3-5-10/h1-7,9,12H,8H2,(H,16,18)(H,19,20). The molecular weight excluding hydrogens is 274 g/mol. The monoisotopic (exact) mass is 287 g/mol. The maximum atomic E-state index is 11.9. The quantitative estimate of drug-likeness (QED) is 0.857. The fraction of sp³-hybridized carbons (Fsp3) is 0.133. The minimum atomic E-state index is -1.13. The number of carbonyl (C=O) groups excluding carboxylic acids is 1. The van der Waals surface area contributed by atoms with E-state index in [1.54, 1.807) is 24.3 Å². The molecule has 21 heavy (non-hydrogen) atoms. The number of amides is 1. The Bertz CT molecular complexity index is 672. The second kappa shape index (κ2) is 6.51. The molecule has 1 aromatic carbocycles. The van der Waals surface area contributed by atoms with Crippen LogP contribution in [0.2, 0.25) is 0 Å². The zero-order valence-electron chi connectivity index (χ0n) is 11.0. The van der Waals surface area contributed by atoms with Gasteiger partial charge < -0.3 is 14.8 Å². The third kappa shape index (κ3) is 4.04. The second-order valence-electron chi connectivity index (χ2n) is 4.40. The van der Waals surface area contributed by atoms with Crippen LogP contribution < -0.4 is 10.9 Å². The Morgan fingerprint density at radius 2 is 1.86 bits per heavy atom. The Hall–Kier alpha value is -2.89. The number of carboxylic acid groups (broad SMARTS) is 1. The van der Waals surface area contributed by atoms with Crippen molar-refractivity contribution in [2.24, 2.45) is 0 Å². The molecule has 0 aliphatic rings. The number of hydrogen-bond acceptors (Lipinski definition) is 4. The smallest absolute Gasteiger partial charge is 0.335 e. The van der Waals surface area contributed by atoms with Crippen molar-refractivity contribution < 1.29 is 19.1 Å². The first-order chi connectivity index (χ1) is 10.1. The summed E-state index contributed by atoms with van der Waals surface area (Å²) in [5.41, 5.74) is 0.310. The molecule has 6 nitrogen and oxygen atoms in total. The number of carboxylic acids is 1. The van der Waals surface area contributed by atoms with Gasteiger partial charge in [0.2, 0.25) is 0 Å². The highest BCUT2D eigenvalue weighted by molar-refractivity contribution is 5.96. The Balaban J connectivity index is 2.09. The van der Waals surface area contributed by atoms with Crippen LogP contribution in [0.15, 0.2) is 57.9 Å². The van der Waals surface area contributed by atoms with Crippen LogP contribution in [0.4, 0.5) is 0 Å². The number of aliphatic carboxylic acids is 1. The van der Waals surface area contributed by atoms with Crippen LogP contribution in [0.1, 0.15) is 15.9 Å². The summed E-state index contributed by atoms with van der Waals surface area (Å²) in [7, 11) is 0. The molecule has 0 spiro atoms. The summed E-state index contributed by atoms with van der Waals surface area (Å²) in [4.78, 5) is 34.0. The van der Waals surface area contributed by atoms with Gasteiger partial charge in [-0.1, -0.05) is 30.3 Å². The molecule has 0 radical (unpaired) electrons. The molecule has 1 heterocycles. The molecule has 0 aliphatic heterocycles. The summed E-state index contributed by atoms with van der Waals surface area (Å²) in [6.45, 7) is 0. The molecule has 2 N–H and O–H groups in total. The van der Waals surface area contributed by atoms with E-state index >= 15 is 0 Å². The van der Waals surface area contributed by atoms with E-state index in [0.717, 1.165) is 17.9 Å². The van der Waals surface area contributed by atoms with Gasteiger partial charge in [0.25, 0.3) is 5.91 Å². The first-order valence-corrected chi connectivity index (χ1v) is 6.22. The summed E-state index contributed by atoms with van der Waals surface area (Å²) >= 11 is 0. The summed E-state index contributed by atoms with van der Waals surface area (Å²) in [6.07, 6.45) is 1.16. The highest BCUT2D eigenvalue weighted by Gasteiger charge is 2.21. The number of benzene rings is 1. The van der Waals surface area contributed by atoms with Gasteiger partial charge in [0.05, 0.1) is 5.56 Å². The largest absolute Gasteiger partial charge is 0.480 e. The van der Waals surface area contributed by atoms with Crippen molar-refractivity contribution in [3.8, 4) is 0 Å². The van der Waals surface area contributed by atoms with Gasteiger partial charge in [0, 0.05) is 12.5 Å². The summed E-state index contributed by atoms with van der Waals surface area (Å²) in [6, 6.07) is 10.3. The first-order valence-electron chi connectivity index (χ1n) is 6.22. The minimum absolute atomic E-state index is 0.0916. The van der Waals surface area contributed by atoms with Crippen LogP contribution >= 0.6 is 0 Å². The van der Waals surface area contributed by atoms with E-state index in [2.05, 4.69) is 9.73 Å². The zero-order chi connectivity index (χ0) is 15.2. The molecule has 0 saturated carbocycles. The molecule has 1 amide bonds. The van der Waals surface area contributed by atoms with Crippen molar-refractivity contribution in [1.29, 1.82) is 0 Å². The van der Waals surface area contributed by atoms with Crippen molar-refractivity contribution >= 4 is 11.9 Å². The van der Waals surface area contributed by atoms with Gasteiger partial charge in [0.15, 0.2) is 0 Å². The average Bonchev–Trinajstić information content (AvgIpc) is 2.48. The molecule has 1 unspecified atom stereocenters. The lowest BCUT2D eigenvalue weighted by atomic mass is 10.1. The summed E-state index contributed by atoms with van der Waals surface area (Å²) < 4.78 is 4.58. The fourth-order valence-electron chi connectivity index (χ4n) is 1.78. The second-order valence-corrected chi connectivity index (χ2v) is 4.40. The van der Waals surface area contributed by atoms with Crippen molar-refractivity contribution in [3.05, 3.63) is 70.3 Å². The van der Waals surface area contributed by atoms with E-state index in [-0.39, 0.29) is 12.0 Å². The van der Waals surface area contributed by atoms with E-state index in [9.17, 15) is 19.5 Å². The Morgan fingerprint density at radius 3 is 2.43 bits per heavy atom. The van der Waals surface area contributed by atoms with Gasteiger partial charge in [-0.3, -0.25) is 4.79 Å². The van der Waals surface area contributed by atoms with Crippen LogP contribution in [0.5, 0.6) is 0 Å². The predicted octanol–water partition coefficient (Wildman–Crippen LogP) is 1.07. The highest BCUT2D eigenvalue weighted by Crippen LogP contribution is 2.05. The first kappa shape index (κ1) is 14.5. The van der Waals surface area contributed by atoms with Crippen molar-refractivity contribution in [1.82, 2.24) is 5.32 Å². The lowest BCUT2D eigenvalue weighted by Crippen LogP contribution is -2.42. The highest BCUT2D eigenvalue weighted by atomic mass is 16.4.